The van der Waals surface area contributed by atoms with E-state index in [1.807, 2.05) is 12.1 Å². The van der Waals surface area contributed by atoms with Crippen LogP contribution in [0.1, 0.15) is 0 Å². The first-order valence-corrected chi connectivity index (χ1v) is 17.4. The minimum Gasteiger partial charge on any atom is -0.456 e. The van der Waals surface area contributed by atoms with Gasteiger partial charge >= 0.3 is 0 Å². The van der Waals surface area contributed by atoms with E-state index in [4.69, 9.17) is 4.42 Å². The lowest BCUT2D eigenvalue weighted by atomic mass is 9.95. The molecule has 11 rings (SSSR count). The van der Waals surface area contributed by atoms with Crippen LogP contribution >= 0.6 is 0 Å². The monoisotopic (exact) mass is 650 g/mol. The molecule has 0 N–H and O–H groups in total. The first-order valence-electron chi connectivity index (χ1n) is 17.4. The van der Waals surface area contributed by atoms with Crippen LogP contribution in [-0.4, -0.2) is 4.57 Å². The Morgan fingerprint density at radius 3 is 1.92 bits per heavy atom. The highest BCUT2D eigenvalue weighted by molar-refractivity contribution is 6.23. The van der Waals surface area contributed by atoms with E-state index in [0.29, 0.717) is 0 Å². The molecule has 0 saturated carbocycles. The van der Waals surface area contributed by atoms with E-state index < -0.39 is 0 Å². The van der Waals surface area contributed by atoms with E-state index in [9.17, 15) is 0 Å². The van der Waals surface area contributed by atoms with Gasteiger partial charge in [-0.3, -0.25) is 0 Å². The molecule has 0 amide bonds. The third-order valence-corrected chi connectivity index (χ3v) is 10.5. The second-order valence-corrected chi connectivity index (χ2v) is 13.3. The van der Waals surface area contributed by atoms with Crippen molar-refractivity contribution in [2.24, 2.45) is 0 Å². The van der Waals surface area contributed by atoms with Crippen LogP contribution in [0.25, 0.3) is 81.7 Å². The normalized spacial score (nSPS) is 11.9. The molecule has 0 radical (unpaired) electrons. The summed E-state index contributed by atoms with van der Waals surface area (Å²) in [5, 5.41) is 12.0. The zero-order valence-electron chi connectivity index (χ0n) is 27.6. The Labute approximate surface area is 293 Å². The zero-order valence-corrected chi connectivity index (χ0v) is 27.6. The summed E-state index contributed by atoms with van der Waals surface area (Å²) in [6.45, 7) is 0. The maximum absolute atomic E-state index is 6.33. The van der Waals surface area contributed by atoms with Gasteiger partial charge in [0.05, 0.1) is 22.4 Å². The van der Waals surface area contributed by atoms with Crippen molar-refractivity contribution >= 4 is 93.1 Å². The highest BCUT2D eigenvalue weighted by Gasteiger charge is 2.24. The van der Waals surface area contributed by atoms with Gasteiger partial charge in [0, 0.05) is 38.3 Å². The maximum atomic E-state index is 6.33. The number of para-hydroxylation sites is 3. The van der Waals surface area contributed by atoms with Crippen molar-refractivity contribution in [3.05, 3.63) is 182 Å². The number of benzene rings is 9. The molecule has 0 aliphatic rings. The van der Waals surface area contributed by atoms with Gasteiger partial charge in [-0.15, -0.1) is 0 Å². The smallest absolute Gasteiger partial charge is 0.135 e. The molecule has 51 heavy (non-hydrogen) atoms. The fourth-order valence-corrected chi connectivity index (χ4v) is 8.33. The summed E-state index contributed by atoms with van der Waals surface area (Å²) in [4.78, 5) is 2.48. The molecule has 2 aromatic heterocycles. The molecule has 238 valence electrons. The Bertz CT molecular complexity index is 3150. The zero-order chi connectivity index (χ0) is 33.5. The first-order chi connectivity index (χ1) is 25.3. The predicted octanol–water partition coefficient (Wildman–Crippen LogP) is 13.6. The molecule has 0 spiro atoms. The van der Waals surface area contributed by atoms with Crippen LogP contribution in [-0.2, 0) is 0 Å². The minimum absolute atomic E-state index is 0.883. The van der Waals surface area contributed by atoms with Crippen molar-refractivity contribution in [3.63, 3.8) is 0 Å². The van der Waals surface area contributed by atoms with Gasteiger partial charge in [-0.25, -0.2) is 0 Å². The molecule has 3 heteroatoms. The summed E-state index contributed by atoms with van der Waals surface area (Å²) in [6, 6.07) is 65.7. The maximum Gasteiger partial charge on any atom is 0.135 e. The van der Waals surface area contributed by atoms with Gasteiger partial charge in [0.25, 0.3) is 0 Å². The van der Waals surface area contributed by atoms with Crippen molar-refractivity contribution < 1.29 is 4.42 Å². The van der Waals surface area contributed by atoms with Crippen LogP contribution < -0.4 is 4.90 Å². The van der Waals surface area contributed by atoms with E-state index in [1.165, 1.54) is 48.6 Å². The molecular weight excluding hydrogens is 621 g/mol. The second-order valence-electron chi connectivity index (χ2n) is 13.3. The van der Waals surface area contributed by atoms with E-state index in [0.717, 1.165) is 50.2 Å². The second kappa shape index (κ2) is 10.8. The Morgan fingerprint density at radius 2 is 1.04 bits per heavy atom. The van der Waals surface area contributed by atoms with Gasteiger partial charge in [-0.2, -0.15) is 0 Å². The van der Waals surface area contributed by atoms with Crippen LogP contribution in [0.3, 0.4) is 0 Å². The molecule has 3 nitrogen and oxygen atoms in total. The van der Waals surface area contributed by atoms with E-state index in [-0.39, 0.29) is 0 Å². The number of hydrogen-bond acceptors (Lipinski definition) is 2. The Balaban J connectivity index is 1.31. The fraction of sp³-hybridized carbons (Fsp3) is 0. The topological polar surface area (TPSA) is 21.3 Å². The lowest BCUT2D eigenvalue weighted by Gasteiger charge is -2.29. The fourth-order valence-electron chi connectivity index (χ4n) is 8.33. The molecule has 11 aromatic rings. The number of aromatic nitrogens is 1. The van der Waals surface area contributed by atoms with Crippen molar-refractivity contribution in [1.29, 1.82) is 0 Å². The molecule has 0 unspecified atom stereocenters. The van der Waals surface area contributed by atoms with E-state index >= 15 is 0 Å². The lowest BCUT2D eigenvalue weighted by molar-refractivity contribution is 0.669. The number of anilines is 3. The van der Waals surface area contributed by atoms with Crippen LogP contribution in [0.4, 0.5) is 17.1 Å². The third-order valence-electron chi connectivity index (χ3n) is 10.5. The molecular formula is C48H30N2O. The van der Waals surface area contributed by atoms with Gasteiger partial charge < -0.3 is 13.9 Å². The summed E-state index contributed by atoms with van der Waals surface area (Å²) in [5.74, 6) is 0. The Hall–Kier alpha value is -6.84. The lowest BCUT2D eigenvalue weighted by Crippen LogP contribution is -2.11. The molecule has 0 fully saturated rings. The number of nitrogens with zero attached hydrogens (tertiary/aromatic N) is 2. The van der Waals surface area contributed by atoms with Crippen molar-refractivity contribution in [1.82, 2.24) is 4.57 Å². The van der Waals surface area contributed by atoms with Crippen molar-refractivity contribution in [2.75, 3.05) is 4.90 Å². The number of furan rings is 1. The van der Waals surface area contributed by atoms with E-state index in [1.54, 1.807) is 0 Å². The molecule has 0 aliphatic heterocycles. The standard InChI is InChI=1S/C48H30N2O/c1-2-14-32(15-3-1)49-42-21-10-8-20-39(42)48-43(49)22-12-23-44(48)50(33-26-28-47-41(29-33)38-19-9-11-24-46(38)51-47)45-30-40-34-16-5-4-13-31(34)25-27-36(40)35-17-6-7-18-37(35)45/h1-30H. The van der Waals surface area contributed by atoms with Crippen LogP contribution in [0.2, 0.25) is 0 Å². The van der Waals surface area contributed by atoms with Gasteiger partial charge in [0.15, 0.2) is 0 Å². The van der Waals surface area contributed by atoms with Gasteiger partial charge in [-0.05, 0) is 87.6 Å². The van der Waals surface area contributed by atoms with Gasteiger partial charge in [-0.1, -0.05) is 121 Å². The number of rotatable bonds is 4. The highest BCUT2D eigenvalue weighted by atomic mass is 16.3. The minimum atomic E-state index is 0.883. The van der Waals surface area contributed by atoms with Crippen LogP contribution in [0.15, 0.2) is 186 Å². The SMILES string of the molecule is c1ccc(-n2c3ccccc3c3c(N(c4ccc5oc6ccccc6c5c4)c4cc5c6ccccc6ccc5c5ccccc45)cccc32)cc1. The summed E-state index contributed by atoms with van der Waals surface area (Å²) < 4.78 is 8.73. The summed E-state index contributed by atoms with van der Waals surface area (Å²) in [7, 11) is 0. The number of fused-ring (bicyclic) bond motifs is 11. The Kier molecular flexibility index (Phi) is 5.96. The average Bonchev–Trinajstić information content (AvgIpc) is 3.74. The quantitative estimate of drug-likeness (QED) is 0.177. The first kappa shape index (κ1) is 28.0. The number of hydrogen-bond donors (Lipinski definition) is 0. The molecule has 9 aromatic carbocycles. The molecule has 2 heterocycles. The van der Waals surface area contributed by atoms with Crippen LogP contribution in [0, 0.1) is 0 Å². The van der Waals surface area contributed by atoms with Gasteiger partial charge in [0.2, 0.25) is 0 Å². The predicted molar refractivity (Wildman–Crippen MR) is 215 cm³/mol. The van der Waals surface area contributed by atoms with Crippen LogP contribution in [0.5, 0.6) is 0 Å². The highest BCUT2D eigenvalue weighted by Crippen LogP contribution is 2.48. The molecule has 0 saturated heterocycles. The molecule has 0 aliphatic carbocycles. The van der Waals surface area contributed by atoms with Gasteiger partial charge in [0.1, 0.15) is 11.2 Å². The summed E-state index contributed by atoms with van der Waals surface area (Å²) >= 11 is 0. The molecule has 0 atom stereocenters. The average molecular weight is 651 g/mol. The summed E-state index contributed by atoms with van der Waals surface area (Å²) in [5.41, 5.74) is 8.58. The molecule has 0 bridgehead atoms. The van der Waals surface area contributed by atoms with Crippen molar-refractivity contribution in [2.45, 2.75) is 0 Å². The Morgan fingerprint density at radius 1 is 0.373 bits per heavy atom. The largest absolute Gasteiger partial charge is 0.456 e. The third kappa shape index (κ3) is 4.12. The summed E-state index contributed by atoms with van der Waals surface area (Å²) in [6.07, 6.45) is 0. The van der Waals surface area contributed by atoms with E-state index in [2.05, 4.69) is 179 Å². The van der Waals surface area contributed by atoms with Crippen molar-refractivity contribution in [3.8, 4) is 5.69 Å².